The third kappa shape index (κ3) is 1.84. The number of amides is 1. The van der Waals surface area contributed by atoms with Gasteiger partial charge in [-0.15, -0.1) is 4.99 Å². The Hall–Kier alpha value is -1.80. The zero-order valence-corrected chi connectivity index (χ0v) is 6.44. The highest BCUT2D eigenvalue weighted by atomic mass is 16.2. The van der Waals surface area contributed by atoms with Gasteiger partial charge in [-0.3, -0.25) is 4.79 Å². The number of aromatic nitrogens is 1. The van der Waals surface area contributed by atoms with Gasteiger partial charge in [-0.1, -0.05) is 6.07 Å². The minimum absolute atomic E-state index is 0.165. The van der Waals surface area contributed by atoms with Crippen LogP contribution in [0, 0.1) is 6.92 Å². The van der Waals surface area contributed by atoms with E-state index in [0.29, 0.717) is 5.69 Å². The summed E-state index contributed by atoms with van der Waals surface area (Å²) < 4.78 is 0. The van der Waals surface area contributed by atoms with Gasteiger partial charge in [0.1, 0.15) is 5.69 Å². The van der Waals surface area contributed by atoms with Gasteiger partial charge in [0.2, 0.25) is 6.08 Å². The molecule has 1 heterocycles. The van der Waals surface area contributed by atoms with E-state index < -0.39 is 5.91 Å². The van der Waals surface area contributed by atoms with E-state index in [1.165, 1.54) is 12.1 Å². The molecule has 0 unspecified atom stereocenters. The number of pyridine rings is 1. The van der Waals surface area contributed by atoms with Gasteiger partial charge >= 0.3 is 5.91 Å². The zero-order chi connectivity index (χ0) is 8.97. The van der Waals surface area contributed by atoms with Crippen molar-refractivity contribution in [3.05, 3.63) is 29.6 Å². The molecule has 0 spiro atoms. The van der Waals surface area contributed by atoms with Crippen molar-refractivity contribution in [2.24, 2.45) is 4.99 Å². The molecule has 0 saturated carbocycles. The van der Waals surface area contributed by atoms with Crippen molar-refractivity contribution in [2.75, 3.05) is 0 Å². The van der Waals surface area contributed by atoms with Crippen LogP contribution >= 0.6 is 0 Å². The van der Waals surface area contributed by atoms with E-state index in [0.717, 1.165) is 0 Å². The van der Waals surface area contributed by atoms with Crippen molar-refractivity contribution in [3.8, 4) is 0 Å². The molecule has 1 amide bonds. The highest BCUT2D eigenvalue weighted by molar-refractivity contribution is 5.95. The number of hydrogen-bond donors (Lipinski definition) is 0. The van der Waals surface area contributed by atoms with Crippen LogP contribution in [-0.4, -0.2) is 17.0 Å². The highest BCUT2D eigenvalue weighted by Crippen LogP contribution is 1.98. The van der Waals surface area contributed by atoms with Gasteiger partial charge in [-0.05, 0) is 19.1 Å². The fourth-order valence-corrected chi connectivity index (χ4v) is 0.761. The van der Waals surface area contributed by atoms with E-state index in [-0.39, 0.29) is 5.69 Å². The summed E-state index contributed by atoms with van der Waals surface area (Å²) >= 11 is 0. The summed E-state index contributed by atoms with van der Waals surface area (Å²) in [6.45, 7) is 1.75. The molecule has 0 aliphatic carbocycles. The van der Waals surface area contributed by atoms with Crippen LogP contribution in [0.4, 0.5) is 0 Å². The quantitative estimate of drug-likeness (QED) is 0.454. The average Bonchev–Trinajstić information content (AvgIpc) is 2.05. The van der Waals surface area contributed by atoms with Crippen LogP contribution in [0.5, 0.6) is 0 Å². The molecule has 1 rings (SSSR count). The van der Waals surface area contributed by atoms with Crippen molar-refractivity contribution in [3.63, 3.8) is 0 Å². The van der Waals surface area contributed by atoms with Gasteiger partial charge in [-0.25, -0.2) is 9.78 Å². The van der Waals surface area contributed by atoms with Crippen LogP contribution < -0.4 is 0 Å². The number of carbonyl (C=O) groups excluding carboxylic acids is 2. The molecule has 60 valence electrons. The molecular weight excluding hydrogens is 156 g/mol. The van der Waals surface area contributed by atoms with Crippen LogP contribution in [0.25, 0.3) is 0 Å². The fraction of sp³-hybridized carbons (Fsp3) is 0.125. The lowest BCUT2D eigenvalue weighted by atomic mass is 10.3. The molecule has 0 radical (unpaired) electrons. The Bertz CT molecular complexity index is 354. The molecule has 0 N–H and O–H groups in total. The molecule has 0 aliphatic heterocycles. The SMILES string of the molecule is Cc1cccc(C(=O)N=C=O)n1. The summed E-state index contributed by atoms with van der Waals surface area (Å²) in [7, 11) is 0. The molecule has 1 aromatic heterocycles. The Morgan fingerprint density at radius 3 is 2.92 bits per heavy atom. The van der Waals surface area contributed by atoms with Crippen molar-refractivity contribution in [1.29, 1.82) is 0 Å². The summed E-state index contributed by atoms with van der Waals surface area (Å²) in [6, 6.07) is 4.92. The van der Waals surface area contributed by atoms with Crippen molar-refractivity contribution >= 4 is 12.0 Å². The largest absolute Gasteiger partial charge is 0.306 e. The van der Waals surface area contributed by atoms with Gasteiger partial charge in [0.25, 0.3) is 0 Å². The van der Waals surface area contributed by atoms with E-state index in [2.05, 4.69) is 9.98 Å². The summed E-state index contributed by atoms with van der Waals surface area (Å²) in [5, 5.41) is 0. The molecule has 0 aromatic carbocycles. The van der Waals surface area contributed by atoms with Gasteiger partial charge in [0.05, 0.1) is 0 Å². The summed E-state index contributed by atoms with van der Waals surface area (Å²) in [6.07, 6.45) is 1.17. The molecule has 0 bridgehead atoms. The third-order valence-corrected chi connectivity index (χ3v) is 1.25. The lowest BCUT2D eigenvalue weighted by Gasteiger charge is -1.93. The van der Waals surface area contributed by atoms with Gasteiger partial charge in [0, 0.05) is 5.69 Å². The number of aliphatic imine (C=N–C) groups is 1. The van der Waals surface area contributed by atoms with Crippen LogP contribution in [0.2, 0.25) is 0 Å². The van der Waals surface area contributed by atoms with Gasteiger partial charge in [-0.2, -0.15) is 0 Å². The molecule has 0 saturated heterocycles. The Balaban J connectivity index is 3.03. The summed E-state index contributed by atoms with van der Waals surface area (Å²) in [4.78, 5) is 27.4. The first-order valence-corrected chi connectivity index (χ1v) is 3.30. The lowest BCUT2D eigenvalue weighted by molar-refractivity contribution is 0.0998. The van der Waals surface area contributed by atoms with Gasteiger partial charge in [0.15, 0.2) is 0 Å². The van der Waals surface area contributed by atoms with Crippen molar-refractivity contribution in [2.45, 2.75) is 6.92 Å². The number of nitrogens with zero attached hydrogens (tertiary/aromatic N) is 2. The number of carbonyl (C=O) groups is 1. The molecule has 0 fully saturated rings. The molecule has 1 aromatic rings. The third-order valence-electron chi connectivity index (χ3n) is 1.25. The maximum atomic E-state index is 10.9. The van der Waals surface area contributed by atoms with Gasteiger partial charge < -0.3 is 0 Å². The fourth-order valence-electron chi connectivity index (χ4n) is 0.761. The Labute approximate surface area is 69.0 Å². The second kappa shape index (κ2) is 3.55. The molecule has 0 aliphatic rings. The van der Waals surface area contributed by atoms with E-state index in [1.54, 1.807) is 19.1 Å². The summed E-state index contributed by atoms with van der Waals surface area (Å²) in [5.41, 5.74) is 0.875. The minimum atomic E-state index is -0.659. The maximum Gasteiger partial charge on any atom is 0.306 e. The first-order chi connectivity index (χ1) is 5.74. The number of isocyanates is 1. The highest BCUT2D eigenvalue weighted by Gasteiger charge is 2.03. The standard InChI is InChI=1S/C8H6N2O2/c1-6-3-2-4-7(10-6)8(12)9-5-11/h2-4H,1H3. The number of hydrogen-bond acceptors (Lipinski definition) is 3. The Morgan fingerprint density at radius 1 is 1.58 bits per heavy atom. The number of rotatable bonds is 1. The van der Waals surface area contributed by atoms with Crippen LogP contribution in [0.3, 0.4) is 0 Å². The first-order valence-electron chi connectivity index (χ1n) is 3.30. The van der Waals surface area contributed by atoms with Crippen LogP contribution in [-0.2, 0) is 4.79 Å². The number of aryl methyl sites for hydroxylation is 1. The second-order valence-electron chi connectivity index (χ2n) is 2.17. The minimum Gasteiger partial charge on any atom is -0.264 e. The second-order valence-corrected chi connectivity index (χ2v) is 2.17. The van der Waals surface area contributed by atoms with Crippen LogP contribution in [0.15, 0.2) is 23.2 Å². The molecule has 4 heteroatoms. The smallest absolute Gasteiger partial charge is 0.264 e. The molecule has 4 nitrogen and oxygen atoms in total. The van der Waals surface area contributed by atoms with E-state index >= 15 is 0 Å². The molecule has 0 atom stereocenters. The van der Waals surface area contributed by atoms with Crippen LogP contribution in [0.1, 0.15) is 16.2 Å². The first kappa shape index (κ1) is 8.30. The predicted octanol–water partition coefficient (Wildman–Crippen LogP) is 0.866. The maximum absolute atomic E-state index is 10.9. The van der Waals surface area contributed by atoms with E-state index in [1.807, 2.05) is 0 Å². The van der Waals surface area contributed by atoms with E-state index in [9.17, 15) is 9.59 Å². The molecule has 12 heavy (non-hydrogen) atoms. The average molecular weight is 162 g/mol. The zero-order valence-electron chi connectivity index (χ0n) is 6.44. The van der Waals surface area contributed by atoms with Crippen molar-refractivity contribution in [1.82, 2.24) is 4.98 Å². The lowest BCUT2D eigenvalue weighted by Crippen LogP contribution is -1.98. The van der Waals surface area contributed by atoms with E-state index in [4.69, 9.17) is 0 Å². The summed E-state index contributed by atoms with van der Waals surface area (Å²) in [5.74, 6) is -0.659. The molecular formula is C8H6N2O2. The normalized spacial score (nSPS) is 8.75. The Morgan fingerprint density at radius 2 is 2.33 bits per heavy atom. The monoisotopic (exact) mass is 162 g/mol. The topological polar surface area (TPSA) is 59.4 Å². The van der Waals surface area contributed by atoms with Crippen molar-refractivity contribution < 1.29 is 9.59 Å². The predicted molar refractivity (Wildman–Crippen MR) is 41.4 cm³/mol. The Kier molecular flexibility index (Phi) is 2.46.